The lowest BCUT2D eigenvalue weighted by atomic mass is 10.00. The minimum atomic E-state index is -3.46. The van der Waals surface area contributed by atoms with E-state index in [1.165, 1.54) is 29.2 Å². The molecule has 2 aromatic carbocycles. The van der Waals surface area contributed by atoms with Crippen LogP contribution in [0, 0.1) is 5.82 Å². The molecule has 5 nitrogen and oxygen atoms in total. The third-order valence-corrected chi connectivity index (χ3v) is 5.46. The Labute approximate surface area is 140 Å². The number of halogens is 1. The highest BCUT2D eigenvalue weighted by Crippen LogP contribution is 2.26. The van der Waals surface area contributed by atoms with Gasteiger partial charge in [0.15, 0.2) is 9.84 Å². The minimum Gasteiger partial charge on any atom is -0.308 e. The van der Waals surface area contributed by atoms with Crippen LogP contribution in [0.5, 0.6) is 0 Å². The molecule has 0 saturated carbocycles. The molecule has 1 aliphatic heterocycles. The van der Waals surface area contributed by atoms with E-state index in [2.05, 4.69) is 5.32 Å². The van der Waals surface area contributed by atoms with Crippen molar-refractivity contribution in [2.45, 2.75) is 18.3 Å². The summed E-state index contributed by atoms with van der Waals surface area (Å²) in [6.07, 6.45) is 1.38. The fraction of sp³-hybridized carbons (Fsp3) is 0.235. The van der Waals surface area contributed by atoms with Crippen LogP contribution in [0.3, 0.4) is 0 Å². The average Bonchev–Trinajstić information content (AvgIpc) is 2.55. The Morgan fingerprint density at radius 2 is 1.75 bits per heavy atom. The van der Waals surface area contributed by atoms with Crippen molar-refractivity contribution in [2.24, 2.45) is 0 Å². The molecule has 0 aliphatic carbocycles. The number of hydrogen-bond acceptors (Lipinski definition) is 3. The molecular weight excluding hydrogens is 331 g/mol. The minimum absolute atomic E-state index is 0.209. The molecule has 24 heavy (non-hydrogen) atoms. The van der Waals surface area contributed by atoms with Gasteiger partial charge in [0.2, 0.25) is 0 Å². The number of anilines is 1. The van der Waals surface area contributed by atoms with E-state index in [1.807, 2.05) is 24.3 Å². The molecule has 0 bridgehead atoms. The van der Waals surface area contributed by atoms with Gasteiger partial charge in [0.1, 0.15) is 11.2 Å². The molecule has 0 saturated heterocycles. The largest absolute Gasteiger partial charge is 0.323 e. The molecule has 126 valence electrons. The molecule has 1 unspecified atom stereocenters. The third kappa shape index (κ3) is 3.41. The van der Waals surface area contributed by atoms with Crippen molar-refractivity contribution in [3.63, 3.8) is 0 Å². The molecule has 1 heterocycles. The molecule has 2 amide bonds. The van der Waals surface area contributed by atoms with Crippen LogP contribution in [0.1, 0.15) is 11.1 Å². The van der Waals surface area contributed by atoms with Gasteiger partial charge in [-0.25, -0.2) is 17.6 Å². The highest BCUT2D eigenvalue weighted by molar-refractivity contribution is 7.91. The van der Waals surface area contributed by atoms with E-state index < -0.39 is 27.1 Å². The first kappa shape index (κ1) is 16.4. The number of sulfone groups is 1. The number of nitrogens with one attached hydrogen (secondary N) is 1. The van der Waals surface area contributed by atoms with Gasteiger partial charge in [0, 0.05) is 24.9 Å². The lowest BCUT2D eigenvalue weighted by Gasteiger charge is -2.35. The maximum absolute atomic E-state index is 13.0. The van der Waals surface area contributed by atoms with E-state index in [1.54, 1.807) is 0 Å². The summed E-state index contributed by atoms with van der Waals surface area (Å²) in [5.41, 5.74) is 2.26. The zero-order chi connectivity index (χ0) is 17.3. The van der Waals surface area contributed by atoms with E-state index in [0.29, 0.717) is 5.69 Å². The molecule has 0 radical (unpaired) electrons. The fourth-order valence-electron chi connectivity index (χ4n) is 2.81. The molecule has 0 spiro atoms. The monoisotopic (exact) mass is 348 g/mol. The normalized spacial score (nSPS) is 17.2. The second-order valence-electron chi connectivity index (χ2n) is 5.82. The van der Waals surface area contributed by atoms with E-state index in [-0.39, 0.29) is 13.0 Å². The Hall–Kier alpha value is -2.41. The van der Waals surface area contributed by atoms with Gasteiger partial charge in [-0.1, -0.05) is 24.3 Å². The second-order valence-corrected chi connectivity index (χ2v) is 8.03. The summed E-state index contributed by atoms with van der Waals surface area (Å²) >= 11 is 0. The summed E-state index contributed by atoms with van der Waals surface area (Å²) in [6, 6.07) is 12.3. The summed E-state index contributed by atoms with van der Waals surface area (Å²) in [6.45, 7) is 0.209. The van der Waals surface area contributed by atoms with Crippen molar-refractivity contribution in [1.29, 1.82) is 0 Å². The van der Waals surface area contributed by atoms with Crippen LogP contribution < -0.4 is 5.32 Å². The number of benzene rings is 2. The lowest BCUT2D eigenvalue weighted by Crippen LogP contribution is -2.49. The predicted octanol–water partition coefficient (Wildman–Crippen LogP) is 2.79. The number of urea groups is 1. The number of fused-ring (bicyclic) bond motifs is 1. The summed E-state index contributed by atoms with van der Waals surface area (Å²) in [5.74, 6) is -0.408. The van der Waals surface area contributed by atoms with E-state index >= 15 is 0 Å². The Morgan fingerprint density at radius 1 is 1.12 bits per heavy atom. The van der Waals surface area contributed by atoms with Crippen molar-refractivity contribution in [3.05, 3.63) is 65.5 Å². The molecule has 3 rings (SSSR count). The van der Waals surface area contributed by atoms with Crippen LogP contribution in [-0.2, 0) is 22.8 Å². The average molecular weight is 348 g/mol. The van der Waals surface area contributed by atoms with Crippen LogP contribution in [0.25, 0.3) is 0 Å². The Kier molecular flexibility index (Phi) is 4.28. The molecule has 0 fully saturated rings. The van der Waals surface area contributed by atoms with E-state index in [9.17, 15) is 17.6 Å². The van der Waals surface area contributed by atoms with Gasteiger partial charge in [-0.3, -0.25) is 0 Å². The summed E-state index contributed by atoms with van der Waals surface area (Å²) < 4.78 is 37.2. The number of carbonyl (C=O) groups excluding carboxylic acids is 1. The highest BCUT2D eigenvalue weighted by atomic mass is 32.2. The van der Waals surface area contributed by atoms with Crippen molar-refractivity contribution in [2.75, 3.05) is 11.6 Å². The fourth-order valence-corrected chi connectivity index (χ4v) is 3.92. The standard InChI is InChI=1S/C17H17FN2O3S/c1-24(22,23)16-10-12-4-2-3-5-13(12)11-20(16)17(21)19-15-8-6-14(18)7-9-15/h2-9,16H,10-11H2,1H3,(H,19,21). The first-order valence-electron chi connectivity index (χ1n) is 7.43. The summed E-state index contributed by atoms with van der Waals surface area (Å²) in [7, 11) is -3.46. The first-order valence-corrected chi connectivity index (χ1v) is 9.39. The van der Waals surface area contributed by atoms with Crippen LogP contribution in [0.4, 0.5) is 14.9 Å². The van der Waals surface area contributed by atoms with E-state index in [0.717, 1.165) is 17.4 Å². The number of nitrogens with zero attached hydrogens (tertiary/aromatic N) is 1. The third-order valence-electron chi connectivity index (χ3n) is 4.05. The highest BCUT2D eigenvalue weighted by Gasteiger charge is 2.36. The predicted molar refractivity (Wildman–Crippen MR) is 89.7 cm³/mol. The van der Waals surface area contributed by atoms with Crippen LogP contribution in [-0.4, -0.2) is 31.0 Å². The van der Waals surface area contributed by atoms with Gasteiger partial charge < -0.3 is 10.2 Å². The summed E-state index contributed by atoms with van der Waals surface area (Å²) in [4.78, 5) is 13.9. The zero-order valence-corrected chi connectivity index (χ0v) is 13.9. The molecule has 0 aromatic heterocycles. The molecule has 1 N–H and O–H groups in total. The molecule has 1 atom stereocenters. The smallest absolute Gasteiger partial charge is 0.308 e. The SMILES string of the molecule is CS(=O)(=O)C1Cc2ccccc2CN1C(=O)Nc1ccc(F)cc1. The van der Waals surface area contributed by atoms with Crippen LogP contribution in [0.15, 0.2) is 48.5 Å². The number of carbonyl (C=O) groups is 1. The van der Waals surface area contributed by atoms with E-state index in [4.69, 9.17) is 0 Å². The van der Waals surface area contributed by atoms with Crippen molar-refractivity contribution < 1.29 is 17.6 Å². The molecular formula is C17H17FN2O3S. The van der Waals surface area contributed by atoms with Crippen molar-refractivity contribution >= 4 is 21.6 Å². The zero-order valence-electron chi connectivity index (χ0n) is 13.1. The second kappa shape index (κ2) is 6.24. The van der Waals surface area contributed by atoms with Gasteiger partial charge in [-0.2, -0.15) is 0 Å². The van der Waals surface area contributed by atoms with Crippen molar-refractivity contribution in [1.82, 2.24) is 4.90 Å². The number of hydrogen-bond donors (Lipinski definition) is 1. The maximum atomic E-state index is 13.0. The Balaban J connectivity index is 1.88. The van der Waals surface area contributed by atoms with Gasteiger partial charge in [0.05, 0.1) is 0 Å². The molecule has 7 heteroatoms. The van der Waals surface area contributed by atoms with Crippen LogP contribution in [0.2, 0.25) is 0 Å². The number of amides is 2. The quantitative estimate of drug-likeness (QED) is 0.907. The van der Waals surface area contributed by atoms with Gasteiger partial charge in [0.25, 0.3) is 0 Å². The van der Waals surface area contributed by atoms with Gasteiger partial charge in [-0.15, -0.1) is 0 Å². The topological polar surface area (TPSA) is 66.5 Å². The van der Waals surface area contributed by atoms with Gasteiger partial charge >= 0.3 is 6.03 Å². The Morgan fingerprint density at radius 3 is 2.38 bits per heavy atom. The number of rotatable bonds is 2. The first-order chi connectivity index (χ1) is 11.3. The van der Waals surface area contributed by atoms with Gasteiger partial charge in [-0.05, 0) is 35.4 Å². The van der Waals surface area contributed by atoms with Crippen molar-refractivity contribution in [3.8, 4) is 0 Å². The Bertz CT molecular complexity index is 866. The molecule has 1 aliphatic rings. The lowest BCUT2D eigenvalue weighted by molar-refractivity contribution is 0.197. The maximum Gasteiger partial charge on any atom is 0.323 e. The van der Waals surface area contributed by atoms with Crippen LogP contribution >= 0.6 is 0 Å². The summed E-state index contributed by atoms with van der Waals surface area (Å²) in [5, 5.41) is 1.70. The molecule has 2 aromatic rings.